The zero-order chi connectivity index (χ0) is 8.97. The Balaban J connectivity index is 2.50. The van der Waals surface area contributed by atoms with Gasteiger partial charge in [-0.05, 0) is 12.8 Å². The molecule has 1 fully saturated rings. The third-order valence-corrected chi connectivity index (χ3v) is 2.60. The normalized spacial score (nSPS) is 22.4. The van der Waals surface area contributed by atoms with E-state index in [2.05, 4.69) is 5.32 Å². The Morgan fingerprint density at radius 2 is 2.50 bits per heavy atom. The Labute approximate surface area is 84.8 Å². The van der Waals surface area contributed by atoms with Crippen LogP contribution in [0.15, 0.2) is 0 Å². The molecular formula is C7H11IN2O2. The van der Waals surface area contributed by atoms with Crippen LogP contribution >= 0.6 is 22.6 Å². The highest BCUT2D eigenvalue weighted by atomic mass is 127. The van der Waals surface area contributed by atoms with Crippen LogP contribution in [0.2, 0.25) is 0 Å². The second-order valence-corrected chi connectivity index (χ2v) is 3.43. The van der Waals surface area contributed by atoms with Crippen LogP contribution in [0.5, 0.6) is 0 Å². The smallest absolute Gasteiger partial charge is 0.234 e. The average Bonchev–Trinajstić information content (AvgIpc) is 2.52. The lowest BCUT2D eigenvalue weighted by Gasteiger charge is -2.22. The van der Waals surface area contributed by atoms with Crippen LogP contribution in [0.3, 0.4) is 0 Å². The number of nitrogens with one attached hydrogen (secondary N) is 1. The highest BCUT2D eigenvalue weighted by Crippen LogP contribution is 2.14. The van der Waals surface area contributed by atoms with Gasteiger partial charge in [0.25, 0.3) is 0 Å². The fraction of sp³-hybridized carbons (Fsp3) is 0.714. The number of carbonyl (C=O) groups is 2. The largest absolute Gasteiger partial charge is 0.338 e. The van der Waals surface area contributed by atoms with Crippen molar-refractivity contribution in [3.63, 3.8) is 0 Å². The Kier molecular flexibility index (Phi) is 3.77. The minimum absolute atomic E-state index is 0.0650. The van der Waals surface area contributed by atoms with Gasteiger partial charge in [-0.2, -0.15) is 0 Å². The van der Waals surface area contributed by atoms with E-state index in [9.17, 15) is 9.59 Å². The van der Waals surface area contributed by atoms with E-state index in [1.807, 2.05) is 22.6 Å². The molecule has 5 heteroatoms. The average molecular weight is 282 g/mol. The lowest BCUT2D eigenvalue weighted by Crippen LogP contribution is -2.44. The molecule has 0 aromatic carbocycles. The molecule has 1 saturated heterocycles. The predicted octanol–water partition coefficient (Wildman–Crippen LogP) is 0.116. The SMILES string of the molecule is O=CNC1CCCN1C(=O)CI. The van der Waals surface area contributed by atoms with Gasteiger partial charge in [-0.1, -0.05) is 22.6 Å². The Morgan fingerprint density at radius 1 is 1.75 bits per heavy atom. The van der Waals surface area contributed by atoms with E-state index in [-0.39, 0.29) is 12.1 Å². The molecule has 2 amide bonds. The van der Waals surface area contributed by atoms with Crippen LogP contribution in [-0.4, -0.2) is 34.4 Å². The molecule has 0 spiro atoms. The number of carbonyl (C=O) groups excluding carboxylic acids is 2. The van der Waals surface area contributed by atoms with Gasteiger partial charge in [0.1, 0.15) is 6.17 Å². The second-order valence-electron chi connectivity index (χ2n) is 2.66. The molecular weight excluding hydrogens is 271 g/mol. The molecule has 0 bridgehead atoms. The van der Waals surface area contributed by atoms with E-state index in [4.69, 9.17) is 0 Å². The molecule has 1 aliphatic rings. The minimum Gasteiger partial charge on any atom is -0.338 e. The van der Waals surface area contributed by atoms with Crippen LogP contribution in [0, 0.1) is 0 Å². The molecule has 1 aliphatic heterocycles. The molecule has 12 heavy (non-hydrogen) atoms. The van der Waals surface area contributed by atoms with Crippen molar-refractivity contribution in [2.75, 3.05) is 11.0 Å². The van der Waals surface area contributed by atoms with Crippen molar-refractivity contribution in [2.45, 2.75) is 19.0 Å². The molecule has 0 aliphatic carbocycles. The number of likely N-dealkylation sites (tertiary alicyclic amines) is 1. The molecule has 1 atom stereocenters. The number of hydrogen-bond acceptors (Lipinski definition) is 2. The second kappa shape index (κ2) is 4.64. The van der Waals surface area contributed by atoms with Crippen molar-refractivity contribution in [1.82, 2.24) is 10.2 Å². The Morgan fingerprint density at radius 3 is 3.08 bits per heavy atom. The van der Waals surface area contributed by atoms with E-state index >= 15 is 0 Å². The minimum atomic E-state index is -0.0650. The zero-order valence-electron chi connectivity index (χ0n) is 6.62. The number of alkyl halides is 1. The van der Waals surface area contributed by atoms with Crippen LogP contribution in [0.1, 0.15) is 12.8 Å². The summed E-state index contributed by atoms with van der Waals surface area (Å²) in [6.45, 7) is 0.771. The molecule has 0 radical (unpaired) electrons. The molecule has 68 valence electrons. The van der Waals surface area contributed by atoms with Crippen molar-refractivity contribution in [2.24, 2.45) is 0 Å². The highest BCUT2D eigenvalue weighted by molar-refractivity contribution is 14.1. The van der Waals surface area contributed by atoms with Crippen molar-refractivity contribution < 1.29 is 9.59 Å². The van der Waals surface area contributed by atoms with Gasteiger partial charge in [-0.3, -0.25) is 9.59 Å². The number of hydrogen-bond donors (Lipinski definition) is 1. The lowest BCUT2D eigenvalue weighted by atomic mass is 10.3. The van der Waals surface area contributed by atoms with Crippen molar-refractivity contribution in [1.29, 1.82) is 0 Å². The lowest BCUT2D eigenvalue weighted by molar-refractivity contribution is -0.129. The summed E-state index contributed by atoms with van der Waals surface area (Å²) in [7, 11) is 0. The molecule has 0 aromatic heterocycles. The van der Waals surface area contributed by atoms with Gasteiger partial charge >= 0.3 is 0 Å². The first-order valence-corrected chi connectivity index (χ1v) is 5.37. The molecule has 4 nitrogen and oxygen atoms in total. The summed E-state index contributed by atoms with van der Waals surface area (Å²) < 4.78 is 0.481. The summed E-state index contributed by atoms with van der Waals surface area (Å²) in [5.41, 5.74) is 0. The third kappa shape index (κ3) is 2.09. The number of halogens is 1. The quantitative estimate of drug-likeness (QED) is 0.454. The monoisotopic (exact) mass is 282 g/mol. The first kappa shape index (κ1) is 9.76. The predicted molar refractivity (Wildman–Crippen MR) is 52.8 cm³/mol. The maximum Gasteiger partial charge on any atom is 0.234 e. The summed E-state index contributed by atoms with van der Waals surface area (Å²) in [6, 6.07) is 0. The van der Waals surface area contributed by atoms with Crippen molar-refractivity contribution >= 4 is 34.9 Å². The van der Waals surface area contributed by atoms with Gasteiger partial charge in [0.05, 0.1) is 4.43 Å². The van der Waals surface area contributed by atoms with Gasteiger partial charge in [0.2, 0.25) is 12.3 Å². The first-order chi connectivity index (χ1) is 5.79. The van der Waals surface area contributed by atoms with Crippen LogP contribution in [0.25, 0.3) is 0 Å². The maximum absolute atomic E-state index is 11.3. The number of nitrogens with zero attached hydrogens (tertiary/aromatic N) is 1. The molecule has 1 heterocycles. The van der Waals surface area contributed by atoms with E-state index in [0.717, 1.165) is 19.4 Å². The van der Waals surface area contributed by atoms with Gasteiger partial charge < -0.3 is 10.2 Å². The van der Waals surface area contributed by atoms with E-state index in [0.29, 0.717) is 10.8 Å². The number of amides is 2. The van der Waals surface area contributed by atoms with Crippen LogP contribution in [-0.2, 0) is 9.59 Å². The molecule has 1 unspecified atom stereocenters. The van der Waals surface area contributed by atoms with E-state index in [1.165, 1.54) is 0 Å². The van der Waals surface area contributed by atoms with Crippen LogP contribution in [0.4, 0.5) is 0 Å². The summed E-state index contributed by atoms with van der Waals surface area (Å²) in [6.07, 6.45) is 2.45. The molecule has 1 rings (SSSR count). The maximum atomic E-state index is 11.3. The fourth-order valence-corrected chi connectivity index (χ4v) is 1.83. The molecule has 0 saturated carbocycles. The van der Waals surface area contributed by atoms with E-state index in [1.54, 1.807) is 4.90 Å². The van der Waals surface area contributed by atoms with Gasteiger partial charge in [0.15, 0.2) is 0 Å². The summed E-state index contributed by atoms with van der Waals surface area (Å²) in [5, 5.41) is 2.63. The van der Waals surface area contributed by atoms with Crippen molar-refractivity contribution in [3.05, 3.63) is 0 Å². The Bertz CT molecular complexity index is 186. The van der Waals surface area contributed by atoms with Crippen molar-refractivity contribution in [3.8, 4) is 0 Å². The third-order valence-electron chi connectivity index (χ3n) is 1.95. The number of rotatable bonds is 3. The molecule has 0 aromatic rings. The van der Waals surface area contributed by atoms with Crippen LogP contribution < -0.4 is 5.32 Å². The van der Waals surface area contributed by atoms with Gasteiger partial charge in [0, 0.05) is 6.54 Å². The first-order valence-electron chi connectivity index (χ1n) is 3.84. The summed E-state index contributed by atoms with van der Waals surface area (Å²) in [5.74, 6) is 0.104. The Hall–Kier alpha value is -0.330. The topological polar surface area (TPSA) is 49.4 Å². The zero-order valence-corrected chi connectivity index (χ0v) is 8.78. The standard InChI is InChI=1S/C7H11IN2O2/c8-4-7(12)10-3-1-2-6(10)9-5-11/h5-6H,1-4H2,(H,9,11). The highest BCUT2D eigenvalue weighted by Gasteiger charge is 2.26. The van der Waals surface area contributed by atoms with Gasteiger partial charge in [-0.25, -0.2) is 0 Å². The summed E-state index contributed by atoms with van der Waals surface area (Å²) >= 11 is 2.03. The fourth-order valence-electron chi connectivity index (χ4n) is 1.39. The molecule has 1 N–H and O–H groups in total. The van der Waals surface area contributed by atoms with E-state index < -0.39 is 0 Å². The van der Waals surface area contributed by atoms with Gasteiger partial charge in [-0.15, -0.1) is 0 Å². The summed E-state index contributed by atoms with van der Waals surface area (Å²) in [4.78, 5) is 23.2.